The largest absolute Gasteiger partial charge is 0.381 e. The summed E-state index contributed by atoms with van der Waals surface area (Å²) in [6.45, 7) is 3.24. The molecule has 0 saturated carbocycles. The fraction of sp³-hybridized carbons (Fsp3) is 0.667. The van der Waals surface area contributed by atoms with Crippen molar-refractivity contribution in [3.63, 3.8) is 0 Å². The number of rotatable bonds is 5. The van der Waals surface area contributed by atoms with Gasteiger partial charge in [-0.3, -0.25) is 4.79 Å². The average Bonchev–Trinajstić information content (AvgIpc) is 3.43. The molecule has 10 heteroatoms. The highest BCUT2D eigenvalue weighted by Gasteiger charge is 2.47. The highest BCUT2D eigenvalue weighted by atomic mass is 19.1. The van der Waals surface area contributed by atoms with Gasteiger partial charge in [-0.05, 0) is 19.8 Å². The van der Waals surface area contributed by atoms with E-state index in [1.807, 2.05) is 0 Å². The standard InChI is InChI=1S/C18H23FN4O5/c1-11-13(9-25-2)14(21-27-11)16(24)23-6-5-18(19,10-23)17-20-15(22-28-17)12-3-7-26-8-4-12/h12H,3-10H2,1-2H3. The fourth-order valence-corrected chi connectivity index (χ4v) is 3.68. The Morgan fingerprint density at radius 3 is 2.86 bits per heavy atom. The zero-order chi connectivity index (χ0) is 19.7. The van der Waals surface area contributed by atoms with Crippen LogP contribution in [0.1, 0.15) is 58.7 Å². The number of likely N-dealkylation sites (tertiary alicyclic amines) is 1. The number of aromatic nitrogens is 3. The lowest BCUT2D eigenvalue weighted by Crippen LogP contribution is -2.33. The van der Waals surface area contributed by atoms with Gasteiger partial charge in [0, 0.05) is 39.2 Å². The highest BCUT2D eigenvalue weighted by molar-refractivity contribution is 5.94. The van der Waals surface area contributed by atoms with Crippen molar-refractivity contribution >= 4 is 5.91 Å². The monoisotopic (exact) mass is 394 g/mol. The predicted octanol–water partition coefficient (Wildman–Crippen LogP) is 2.12. The number of ether oxygens (including phenoxy) is 2. The van der Waals surface area contributed by atoms with Crippen molar-refractivity contribution in [1.82, 2.24) is 20.2 Å². The molecule has 4 rings (SSSR count). The molecule has 9 nitrogen and oxygen atoms in total. The zero-order valence-electron chi connectivity index (χ0n) is 15.9. The topological polar surface area (TPSA) is 104 Å². The van der Waals surface area contributed by atoms with Gasteiger partial charge < -0.3 is 23.4 Å². The van der Waals surface area contributed by atoms with Gasteiger partial charge in [0.2, 0.25) is 5.67 Å². The molecule has 152 valence electrons. The molecular formula is C18H23FN4O5. The summed E-state index contributed by atoms with van der Waals surface area (Å²) in [7, 11) is 1.52. The molecule has 0 aliphatic carbocycles. The summed E-state index contributed by atoms with van der Waals surface area (Å²) < 4.78 is 36.3. The molecule has 1 amide bonds. The molecule has 2 aromatic heterocycles. The number of hydrogen-bond acceptors (Lipinski definition) is 8. The summed E-state index contributed by atoms with van der Waals surface area (Å²) in [5.41, 5.74) is -1.15. The van der Waals surface area contributed by atoms with Crippen LogP contribution in [0.4, 0.5) is 4.39 Å². The van der Waals surface area contributed by atoms with E-state index in [1.165, 1.54) is 12.0 Å². The molecule has 28 heavy (non-hydrogen) atoms. The third kappa shape index (κ3) is 3.42. The first-order valence-corrected chi connectivity index (χ1v) is 9.36. The minimum absolute atomic E-state index is 0.0715. The number of carbonyl (C=O) groups is 1. The van der Waals surface area contributed by atoms with Crippen molar-refractivity contribution in [3.8, 4) is 0 Å². The molecule has 2 aliphatic rings. The lowest BCUT2D eigenvalue weighted by molar-refractivity contribution is 0.0703. The van der Waals surface area contributed by atoms with E-state index in [0.29, 0.717) is 30.4 Å². The van der Waals surface area contributed by atoms with Gasteiger partial charge in [0.05, 0.1) is 18.7 Å². The first-order chi connectivity index (χ1) is 13.5. The molecule has 2 fully saturated rings. The van der Waals surface area contributed by atoms with Crippen molar-refractivity contribution in [3.05, 3.63) is 28.7 Å². The number of carbonyl (C=O) groups excluding carboxylic acids is 1. The summed E-state index contributed by atoms with van der Waals surface area (Å²) in [5.74, 6) is 0.664. The average molecular weight is 394 g/mol. The van der Waals surface area contributed by atoms with Crippen molar-refractivity contribution in [2.24, 2.45) is 0 Å². The Labute approximate surface area is 161 Å². The second-order valence-corrected chi connectivity index (χ2v) is 7.29. The Hall–Kier alpha value is -2.33. The Bertz CT molecular complexity index is 847. The summed E-state index contributed by atoms with van der Waals surface area (Å²) in [6.07, 6.45) is 1.66. The molecule has 1 atom stereocenters. The summed E-state index contributed by atoms with van der Waals surface area (Å²) in [4.78, 5) is 18.5. The van der Waals surface area contributed by atoms with Crippen molar-refractivity contribution < 1.29 is 27.7 Å². The van der Waals surface area contributed by atoms with E-state index in [1.54, 1.807) is 6.92 Å². The number of aryl methyl sites for hydroxylation is 1. The maximum absolute atomic E-state index is 15.5. The van der Waals surface area contributed by atoms with E-state index in [-0.39, 0.29) is 43.6 Å². The third-order valence-electron chi connectivity index (χ3n) is 5.39. The number of methoxy groups -OCH3 is 1. The van der Waals surface area contributed by atoms with E-state index >= 15 is 4.39 Å². The summed E-state index contributed by atoms with van der Waals surface area (Å²) in [5, 5.41) is 7.80. The van der Waals surface area contributed by atoms with Crippen molar-refractivity contribution in [1.29, 1.82) is 0 Å². The molecule has 0 radical (unpaired) electrons. The summed E-state index contributed by atoms with van der Waals surface area (Å²) >= 11 is 0. The molecule has 0 spiro atoms. The Kier molecular flexibility index (Phi) is 5.15. The van der Waals surface area contributed by atoms with Gasteiger partial charge in [-0.1, -0.05) is 10.3 Å². The Morgan fingerprint density at radius 2 is 2.11 bits per heavy atom. The molecule has 4 heterocycles. The highest BCUT2D eigenvalue weighted by Crippen LogP contribution is 2.37. The van der Waals surface area contributed by atoms with Crippen LogP contribution in [0.3, 0.4) is 0 Å². The fourth-order valence-electron chi connectivity index (χ4n) is 3.68. The Balaban J connectivity index is 1.48. The van der Waals surface area contributed by atoms with E-state index < -0.39 is 11.6 Å². The van der Waals surface area contributed by atoms with Crippen LogP contribution in [0, 0.1) is 6.92 Å². The molecule has 0 bridgehead atoms. The van der Waals surface area contributed by atoms with Crippen molar-refractivity contribution in [2.45, 2.75) is 44.4 Å². The number of nitrogens with zero attached hydrogens (tertiary/aromatic N) is 4. The van der Waals surface area contributed by atoms with Gasteiger partial charge in [0.25, 0.3) is 11.8 Å². The van der Waals surface area contributed by atoms with Gasteiger partial charge in [-0.15, -0.1) is 0 Å². The van der Waals surface area contributed by atoms with Crippen LogP contribution in [0.2, 0.25) is 0 Å². The molecule has 0 aromatic carbocycles. The molecule has 2 aliphatic heterocycles. The first kappa shape index (κ1) is 19.0. The molecule has 1 unspecified atom stereocenters. The van der Waals surface area contributed by atoms with Crippen LogP contribution in [0.25, 0.3) is 0 Å². The van der Waals surface area contributed by atoms with E-state index in [0.717, 1.165) is 12.8 Å². The van der Waals surface area contributed by atoms with Crippen LogP contribution < -0.4 is 0 Å². The molecule has 2 aromatic rings. The second kappa shape index (κ2) is 7.59. The molecule has 2 saturated heterocycles. The van der Waals surface area contributed by atoms with E-state index in [2.05, 4.69) is 15.3 Å². The maximum atomic E-state index is 15.5. The molecule has 0 N–H and O–H groups in total. The van der Waals surface area contributed by atoms with Gasteiger partial charge in [-0.25, -0.2) is 4.39 Å². The van der Waals surface area contributed by atoms with Crippen LogP contribution in [0.5, 0.6) is 0 Å². The first-order valence-electron chi connectivity index (χ1n) is 9.36. The summed E-state index contributed by atoms with van der Waals surface area (Å²) in [6, 6.07) is 0. The van der Waals surface area contributed by atoms with Crippen LogP contribution in [-0.2, 0) is 21.7 Å². The van der Waals surface area contributed by atoms with E-state index in [9.17, 15) is 4.79 Å². The zero-order valence-corrected chi connectivity index (χ0v) is 15.9. The van der Waals surface area contributed by atoms with Gasteiger partial charge in [0.15, 0.2) is 11.5 Å². The quantitative estimate of drug-likeness (QED) is 0.760. The Morgan fingerprint density at radius 1 is 1.32 bits per heavy atom. The van der Waals surface area contributed by atoms with Gasteiger partial charge >= 0.3 is 0 Å². The lowest BCUT2D eigenvalue weighted by Gasteiger charge is -2.19. The second-order valence-electron chi connectivity index (χ2n) is 7.29. The number of hydrogen-bond donors (Lipinski definition) is 0. The SMILES string of the molecule is COCc1c(C(=O)N2CCC(F)(c3nc(C4CCOCC4)no3)C2)noc1C. The van der Waals surface area contributed by atoms with Crippen LogP contribution in [-0.4, -0.2) is 59.5 Å². The predicted molar refractivity (Wildman–Crippen MR) is 92.4 cm³/mol. The van der Waals surface area contributed by atoms with Crippen molar-refractivity contribution in [2.75, 3.05) is 33.4 Å². The third-order valence-corrected chi connectivity index (χ3v) is 5.39. The minimum atomic E-state index is -1.87. The van der Waals surface area contributed by atoms with Gasteiger partial charge in [0.1, 0.15) is 5.76 Å². The number of alkyl halides is 1. The number of halogens is 1. The minimum Gasteiger partial charge on any atom is -0.381 e. The van der Waals surface area contributed by atoms with Gasteiger partial charge in [-0.2, -0.15) is 4.98 Å². The number of amides is 1. The van der Waals surface area contributed by atoms with Crippen LogP contribution >= 0.6 is 0 Å². The maximum Gasteiger partial charge on any atom is 0.276 e. The van der Waals surface area contributed by atoms with Crippen LogP contribution in [0.15, 0.2) is 9.05 Å². The molecular weight excluding hydrogens is 371 g/mol. The van der Waals surface area contributed by atoms with E-state index in [4.69, 9.17) is 18.5 Å². The normalized spacial score (nSPS) is 23.5. The smallest absolute Gasteiger partial charge is 0.276 e. The lowest BCUT2D eigenvalue weighted by atomic mass is 9.99.